The molecule has 0 saturated heterocycles. The number of hydrogen-bond acceptors (Lipinski definition) is 6. The van der Waals surface area contributed by atoms with E-state index in [9.17, 15) is 5.11 Å². The number of phenols is 1. The van der Waals surface area contributed by atoms with Crippen LogP contribution in [0.5, 0.6) is 5.75 Å². The van der Waals surface area contributed by atoms with E-state index < -0.39 is 0 Å². The van der Waals surface area contributed by atoms with Crippen LogP contribution in [0, 0.1) is 0 Å². The van der Waals surface area contributed by atoms with E-state index in [1.54, 1.807) is 6.07 Å². The second kappa shape index (κ2) is 9.98. The number of rotatable bonds is 6. The second-order valence-electron chi connectivity index (χ2n) is 9.31. The van der Waals surface area contributed by atoms with Crippen molar-refractivity contribution in [2.45, 2.75) is 19.9 Å². The molecule has 0 aromatic heterocycles. The van der Waals surface area contributed by atoms with E-state index in [0.29, 0.717) is 11.4 Å². The fourth-order valence-electron chi connectivity index (χ4n) is 5.18. The average Bonchev–Trinajstić information content (AvgIpc) is 2.96. The van der Waals surface area contributed by atoms with Crippen molar-refractivity contribution in [3.8, 4) is 5.75 Å². The van der Waals surface area contributed by atoms with E-state index >= 15 is 0 Å². The average molecular weight is 500 g/mol. The lowest BCUT2D eigenvalue weighted by molar-refractivity contribution is 0.392. The Morgan fingerprint density at radius 2 is 1.66 bits per heavy atom. The Bertz CT molecular complexity index is 1620. The number of hydrogen-bond donors (Lipinski definition) is 1. The third-order valence-corrected chi connectivity index (χ3v) is 7.11. The zero-order valence-corrected chi connectivity index (χ0v) is 21.5. The van der Waals surface area contributed by atoms with Gasteiger partial charge < -0.3 is 14.9 Å². The van der Waals surface area contributed by atoms with Crippen LogP contribution in [-0.4, -0.2) is 34.8 Å². The van der Waals surface area contributed by atoms with Gasteiger partial charge in [-0.2, -0.15) is 5.11 Å². The molecule has 0 saturated carbocycles. The van der Waals surface area contributed by atoms with Crippen LogP contribution in [0.2, 0.25) is 0 Å². The van der Waals surface area contributed by atoms with Crippen LogP contribution in [-0.2, 0) is 0 Å². The molecule has 6 rings (SSSR count). The van der Waals surface area contributed by atoms with Crippen molar-refractivity contribution in [3.05, 3.63) is 109 Å². The summed E-state index contributed by atoms with van der Waals surface area (Å²) in [5.41, 5.74) is 6.29. The molecular weight excluding hydrogens is 470 g/mol. The fourth-order valence-corrected chi connectivity index (χ4v) is 5.18. The maximum absolute atomic E-state index is 10.5. The summed E-state index contributed by atoms with van der Waals surface area (Å²) in [6.45, 7) is 6.24. The van der Waals surface area contributed by atoms with Gasteiger partial charge in [0.15, 0.2) is 0 Å². The monoisotopic (exact) mass is 499 g/mol. The van der Waals surface area contributed by atoms with Gasteiger partial charge in [-0.1, -0.05) is 48.5 Å². The molecule has 0 amide bonds. The van der Waals surface area contributed by atoms with Crippen LogP contribution in [0.25, 0.3) is 10.8 Å². The standard InChI is InChI=1S/C32H29N5O/c1-3-36(4-2)25-16-18-28-30(21-25)37(24-11-6-5-7-12-24)29-20-23(15-17-27(29)33-28)34-35-32-26-13-9-8-10-22(26)14-19-31(32)38/h5-21,30,38H,3-4H2,1-2H3. The number of fused-ring (bicyclic) bond motifs is 3. The SMILES string of the molecule is CCN(CC)C1=CC2C(=Nc3ccc(N=Nc4c(O)ccc5ccccc45)cc3N2c2ccccc2)C=C1. The number of nitrogens with zero attached hydrogens (tertiary/aromatic N) is 5. The van der Waals surface area contributed by atoms with Crippen molar-refractivity contribution in [1.82, 2.24) is 4.90 Å². The van der Waals surface area contributed by atoms with Crippen LogP contribution >= 0.6 is 0 Å². The molecule has 6 heteroatoms. The van der Waals surface area contributed by atoms with Crippen molar-refractivity contribution in [1.29, 1.82) is 0 Å². The van der Waals surface area contributed by atoms with E-state index in [4.69, 9.17) is 4.99 Å². The van der Waals surface area contributed by atoms with Gasteiger partial charge >= 0.3 is 0 Å². The number of benzene rings is 4. The molecule has 0 spiro atoms. The maximum atomic E-state index is 10.5. The number of azo groups is 1. The molecule has 1 aliphatic heterocycles. The maximum Gasteiger partial charge on any atom is 0.143 e. The van der Waals surface area contributed by atoms with Crippen molar-refractivity contribution in [3.63, 3.8) is 0 Å². The van der Waals surface area contributed by atoms with Crippen molar-refractivity contribution in [2.24, 2.45) is 15.2 Å². The number of aliphatic imine (C=N–C) groups is 1. The normalized spacial score (nSPS) is 16.3. The number of allylic oxidation sites excluding steroid dienone is 1. The predicted octanol–water partition coefficient (Wildman–Crippen LogP) is 8.35. The lowest BCUT2D eigenvalue weighted by atomic mass is 9.97. The molecule has 2 aliphatic rings. The Labute approximate surface area is 222 Å². The van der Waals surface area contributed by atoms with E-state index in [1.807, 2.05) is 54.6 Å². The third-order valence-electron chi connectivity index (χ3n) is 7.11. The van der Waals surface area contributed by atoms with Gasteiger partial charge in [0.2, 0.25) is 0 Å². The largest absolute Gasteiger partial charge is 0.506 e. The number of anilines is 2. The number of phenolic OH excluding ortho intramolecular Hbond substituents is 1. The Kier molecular flexibility index (Phi) is 6.22. The van der Waals surface area contributed by atoms with Crippen LogP contribution in [0.4, 0.5) is 28.4 Å². The lowest BCUT2D eigenvalue weighted by Gasteiger charge is -2.39. The second-order valence-corrected chi connectivity index (χ2v) is 9.31. The molecule has 6 nitrogen and oxygen atoms in total. The quantitative estimate of drug-likeness (QED) is 0.271. The molecule has 1 aliphatic carbocycles. The first-order valence-electron chi connectivity index (χ1n) is 13.0. The van der Waals surface area contributed by atoms with Crippen LogP contribution < -0.4 is 4.90 Å². The summed E-state index contributed by atoms with van der Waals surface area (Å²) in [5, 5.41) is 21.4. The highest BCUT2D eigenvalue weighted by molar-refractivity contribution is 6.10. The highest BCUT2D eigenvalue weighted by Crippen LogP contribution is 2.44. The number of para-hydroxylation sites is 1. The summed E-state index contributed by atoms with van der Waals surface area (Å²) < 4.78 is 0. The topological polar surface area (TPSA) is 63.8 Å². The van der Waals surface area contributed by atoms with Gasteiger partial charge in [0.25, 0.3) is 0 Å². The van der Waals surface area contributed by atoms with Gasteiger partial charge in [0, 0.05) is 29.9 Å². The number of likely N-dealkylation sites (N-methyl/N-ethyl adjacent to an activating group) is 1. The van der Waals surface area contributed by atoms with E-state index in [1.165, 1.54) is 5.70 Å². The van der Waals surface area contributed by atoms with Gasteiger partial charge in [0.05, 0.1) is 28.8 Å². The summed E-state index contributed by atoms with van der Waals surface area (Å²) in [6.07, 6.45) is 6.59. The molecule has 4 aromatic carbocycles. The van der Waals surface area contributed by atoms with E-state index in [0.717, 1.165) is 46.6 Å². The summed E-state index contributed by atoms with van der Waals surface area (Å²) >= 11 is 0. The third kappa shape index (κ3) is 4.24. The van der Waals surface area contributed by atoms with Gasteiger partial charge in [-0.3, -0.25) is 0 Å². The first kappa shape index (κ1) is 23.7. The van der Waals surface area contributed by atoms with Gasteiger partial charge in [-0.15, -0.1) is 5.11 Å². The molecule has 4 aromatic rings. The zero-order valence-electron chi connectivity index (χ0n) is 21.5. The number of aromatic hydroxyl groups is 1. The highest BCUT2D eigenvalue weighted by atomic mass is 16.3. The summed E-state index contributed by atoms with van der Waals surface area (Å²) in [5.74, 6) is 0.105. The minimum Gasteiger partial charge on any atom is -0.506 e. The molecule has 0 fully saturated rings. The predicted molar refractivity (Wildman–Crippen MR) is 156 cm³/mol. The van der Waals surface area contributed by atoms with E-state index in [-0.39, 0.29) is 11.8 Å². The highest BCUT2D eigenvalue weighted by Gasteiger charge is 2.31. The molecule has 0 bridgehead atoms. The first-order chi connectivity index (χ1) is 18.7. The molecule has 1 heterocycles. The van der Waals surface area contributed by atoms with Crippen LogP contribution in [0.1, 0.15) is 13.8 Å². The Morgan fingerprint density at radius 1 is 0.868 bits per heavy atom. The lowest BCUT2D eigenvalue weighted by Crippen LogP contribution is -2.40. The summed E-state index contributed by atoms with van der Waals surface area (Å²) in [7, 11) is 0. The van der Waals surface area contributed by atoms with E-state index in [2.05, 4.69) is 76.4 Å². The Hall–Kier alpha value is -4.71. The Balaban J connectivity index is 1.44. The van der Waals surface area contributed by atoms with Crippen LogP contribution in [0.3, 0.4) is 0 Å². The van der Waals surface area contributed by atoms with Crippen molar-refractivity contribution >= 4 is 44.9 Å². The zero-order chi connectivity index (χ0) is 26.1. The molecule has 1 unspecified atom stereocenters. The summed E-state index contributed by atoms with van der Waals surface area (Å²) in [4.78, 5) is 9.69. The molecule has 188 valence electrons. The van der Waals surface area contributed by atoms with Gasteiger partial charge in [-0.25, -0.2) is 4.99 Å². The molecular formula is C32H29N5O. The first-order valence-corrected chi connectivity index (χ1v) is 13.0. The van der Waals surface area contributed by atoms with Gasteiger partial charge in [-0.05, 0) is 73.9 Å². The molecule has 1 atom stereocenters. The molecule has 0 radical (unpaired) electrons. The fraction of sp³-hybridized carbons (Fsp3) is 0.156. The molecule has 38 heavy (non-hydrogen) atoms. The van der Waals surface area contributed by atoms with Gasteiger partial charge in [0.1, 0.15) is 11.4 Å². The summed E-state index contributed by atoms with van der Waals surface area (Å²) in [6, 6.07) is 27.7. The minimum atomic E-state index is -0.0419. The smallest absolute Gasteiger partial charge is 0.143 e. The van der Waals surface area contributed by atoms with Crippen LogP contribution in [0.15, 0.2) is 124 Å². The molecule has 1 N–H and O–H groups in total. The van der Waals surface area contributed by atoms with Crippen molar-refractivity contribution in [2.75, 3.05) is 18.0 Å². The van der Waals surface area contributed by atoms with Crippen molar-refractivity contribution < 1.29 is 5.11 Å². The Morgan fingerprint density at radius 3 is 2.47 bits per heavy atom. The minimum absolute atomic E-state index is 0.0419.